The van der Waals surface area contributed by atoms with Gasteiger partial charge in [0.1, 0.15) is 0 Å². The molecule has 0 aromatic carbocycles. The Labute approximate surface area is 123 Å². The molecular weight excluding hydrogens is 250 g/mol. The molecule has 0 saturated heterocycles. The summed E-state index contributed by atoms with van der Waals surface area (Å²) in [5.74, 6) is 1.04. The van der Waals surface area contributed by atoms with Crippen LogP contribution < -0.4 is 0 Å². The zero-order valence-electron chi connectivity index (χ0n) is 13.4. The molecule has 2 rings (SSSR count). The average Bonchev–Trinajstić information content (AvgIpc) is 2.64. The van der Waals surface area contributed by atoms with Gasteiger partial charge in [-0.15, -0.1) is 0 Å². The van der Waals surface area contributed by atoms with E-state index in [9.17, 15) is 4.79 Å². The molecule has 0 radical (unpaired) electrons. The van der Waals surface area contributed by atoms with Gasteiger partial charge in [0, 0.05) is 19.2 Å². The lowest BCUT2D eigenvalue weighted by Gasteiger charge is -2.41. The first-order valence-corrected chi connectivity index (χ1v) is 8.13. The van der Waals surface area contributed by atoms with Crippen LogP contribution in [0.25, 0.3) is 0 Å². The largest absolute Gasteiger partial charge is 0.449 e. The molecule has 1 fully saturated rings. The summed E-state index contributed by atoms with van der Waals surface area (Å²) in [6, 6.07) is 0. The van der Waals surface area contributed by atoms with Crippen molar-refractivity contribution < 1.29 is 9.53 Å². The topological polar surface area (TPSA) is 29.5 Å². The van der Waals surface area contributed by atoms with Gasteiger partial charge in [-0.1, -0.05) is 34.1 Å². The van der Waals surface area contributed by atoms with Crippen LogP contribution in [-0.2, 0) is 9.53 Å². The Balaban J connectivity index is 2.23. The SMILES string of the molecule is CC(C)CN(CC(C)C)C1=CC(=O)OC12CCCCC2. The van der Waals surface area contributed by atoms with E-state index >= 15 is 0 Å². The van der Waals surface area contributed by atoms with Crippen LogP contribution >= 0.6 is 0 Å². The van der Waals surface area contributed by atoms with Crippen molar-refractivity contribution in [1.82, 2.24) is 4.90 Å². The standard InChI is InChI=1S/C17H29NO2/c1-13(2)11-18(12-14(3)4)15-10-16(19)20-17(15)8-6-5-7-9-17/h10,13-14H,5-9,11-12H2,1-4H3. The highest BCUT2D eigenvalue weighted by atomic mass is 16.6. The van der Waals surface area contributed by atoms with Crippen LogP contribution in [0.3, 0.4) is 0 Å². The van der Waals surface area contributed by atoms with E-state index < -0.39 is 0 Å². The number of hydrogen-bond acceptors (Lipinski definition) is 3. The van der Waals surface area contributed by atoms with Gasteiger partial charge < -0.3 is 9.64 Å². The van der Waals surface area contributed by atoms with Gasteiger partial charge in [0.2, 0.25) is 0 Å². The van der Waals surface area contributed by atoms with E-state index in [-0.39, 0.29) is 11.6 Å². The third-order valence-corrected chi connectivity index (χ3v) is 4.19. The fourth-order valence-electron chi connectivity index (χ4n) is 3.53. The number of rotatable bonds is 5. The van der Waals surface area contributed by atoms with Crippen molar-refractivity contribution in [3.05, 3.63) is 11.8 Å². The van der Waals surface area contributed by atoms with Crippen LogP contribution in [0.15, 0.2) is 11.8 Å². The first kappa shape index (κ1) is 15.4. The van der Waals surface area contributed by atoms with Crippen LogP contribution in [-0.4, -0.2) is 29.6 Å². The third kappa shape index (κ3) is 3.36. The Morgan fingerprint density at radius 3 is 2.15 bits per heavy atom. The summed E-state index contributed by atoms with van der Waals surface area (Å²) in [6.07, 6.45) is 7.36. The summed E-state index contributed by atoms with van der Waals surface area (Å²) in [7, 11) is 0. The fraction of sp³-hybridized carbons (Fsp3) is 0.824. The van der Waals surface area contributed by atoms with E-state index in [2.05, 4.69) is 32.6 Å². The maximum Gasteiger partial charge on any atom is 0.333 e. The molecule has 0 aromatic heterocycles. The molecule has 1 spiro atoms. The lowest BCUT2D eigenvalue weighted by atomic mass is 9.82. The minimum Gasteiger partial charge on any atom is -0.449 e. The molecule has 1 saturated carbocycles. The molecule has 1 aliphatic heterocycles. The molecule has 3 nitrogen and oxygen atoms in total. The Hall–Kier alpha value is -0.990. The van der Waals surface area contributed by atoms with Crippen molar-refractivity contribution in [2.45, 2.75) is 65.4 Å². The molecule has 0 amide bonds. The van der Waals surface area contributed by atoms with Crippen LogP contribution in [0.4, 0.5) is 0 Å². The second kappa shape index (κ2) is 6.19. The summed E-state index contributed by atoms with van der Waals surface area (Å²) in [5, 5.41) is 0. The molecule has 20 heavy (non-hydrogen) atoms. The van der Waals surface area contributed by atoms with E-state index in [4.69, 9.17) is 4.74 Å². The van der Waals surface area contributed by atoms with E-state index in [1.54, 1.807) is 6.08 Å². The summed E-state index contributed by atoms with van der Waals surface area (Å²) >= 11 is 0. The number of nitrogens with zero attached hydrogens (tertiary/aromatic N) is 1. The van der Waals surface area contributed by atoms with Gasteiger partial charge in [-0.3, -0.25) is 0 Å². The lowest BCUT2D eigenvalue weighted by Crippen LogP contribution is -2.44. The normalized spacial score (nSPS) is 21.5. The van der Waals surface area contributed by atoms with Crippen molar-refractivity contribution in [3.63, 3.8) is 0 Å². The van der Waals surface area contributed by atoms with Gasteiger partial charge in [-0.25, -0.2) is 4.79 Å². The Morgan fingerprint density at radius 1 is 1.10 bits per heavy atom. The van der Waals surface area contributed by atoms with Crippen molar-refractivity contribution >= 4 is 5.97 Å². The van der Waals surface area contributed by atoms with Crippen LogP contribution in [0.1, 0.15) is 59.8 Å². The highest BCUT2D eigenvalue weighted by Gasteiger charge is 2.46. The van der Waals surface area contributed by atoms with E-state index in [1.165, 1.54) is 19.3 Å². The molecule has 0 aromatic rings. The van der Waals surface area contributed by atoms with Crippen molar-refractivity contribution in [2.24, 2.45) is 11.8 Å². The monoisotopic (exact) mass is 279 g/mol. The maximum atomic E-state index is 11.9. The minimum absolute atomic E-state index is 0.139. The van der Waals surface area contributed by atoms with E-state index in [0.717, 1.165) is 31.6 Å². The quantitative estimate of drug-likeness (QED) is 0.718. The van der Waals surface area contributed by atoms with Gasteiger partial charge in [0.05, 0.1) is 5.70 Å². The van der Waals surface area contributed by atoms with Crippen molar-refractivity contribution in [2.75, 3.05) is 13.1 Å². The zero-order chi connectivity index (χ0) is 14.8. The maximum absolute atomic E-state index is 11.9. The number of carbonyl (C=O) groups excluding carboxylic acids is 1. The summed E-state index contributed by atoms with van der Waals surface area (Å²) in [6.45, 7) is 10.9. The molecule has 0 unspecified atom stereocenters. The average molecular weight is 279 g/mol. The third-order valence-electron chi connectivity index (χ3n) is 4.19. The predicted molar refractivity (Wildman–Crippen MR) is 81.2 cm³/mol. The van der Waals surface area contributed by atoms with Gasteiger partial charge >= 0.3 is 5.97 Å². The first-order chi connectivity index (χ1) is 9.43. The van der Waals surface area contributed by atoms with Crippen LogP contribution in [0, 0.1) is 11.8 Å². The van der Waals surface area contributed by atoms with Crippen molar-refractivity contribution in [3.8, 4) is 0 Å². The second-order valence-electron chi connectivity index (χ2n) is 7.20. The van der Waals surface area contributed by atoms with E-state index in [0.29, 0.717) is 11.8 Å². The van der Waals surface area contributed by atoms with Crippen LogP contribution in [0.5, 0.6) is 0 Å². The van der Waals surface area contributed by atoms with Gasteiger partial charge in [0.15, 0.2) is 5.60 Å². The Bertz CT molecular complexity index is 368. The van der Waals surface area contributed by atoms with E-state index in [1.807, 2.05) is 0 Å². The summed E-state index contributed by atoms with van der Waals surface area (Å²) < 4.78 is 5.77. The number of esters is 1. The number of carbonyl (C=O) groups is 1. The smallest absolute Gasteiger partial charge is 0.333 e. The molecule has 2 aliphatic rings. The number of hydrogen-bond donors (Lipinski definition) is 0. The molecule has 0 atom stereocenters. The molecular formula is C17H29NO2. The summed E-state index contributed by atoms with van der Waals surface area (Å²) in [5.41, 5.74) is 0.851. The first-order valence-electron chi connectivity index (χ1n) is 8.13. The highest BCUT2D eigenvalue weighted by molar-refractivity contribution is 5.86. The second-order valence-corrected chi connectivity index (χ2v) is 7.20. The Morgan fingerprint density at radius 2 is 1.65 bits per heavy atom. The molecule has 1 aliphatic carbocycles. The molecule has 3 heteroatoms. The fourth-order valence-corrected chi connectivity index (χ4v) is 3.53. The van der Waals surface area contributed by atoms with Gasteiger partial charge in [0.25, 0.3) is 0 Å². The predicted octanol–water partition coefficient (Wildman–Crippen LogP) is 3.74. The molecule has 1 heterocycles. The Kier molecular flexibility index (Phi) is 4.77. The van der Waals surface area contributed by atoms with Crippen molar-refractivity contribution in [1.29, 1.82) is 0 Å². The van der Waals surface area contributed by atoms with Crippen LogP contribution in [0.2, 0.25) is 0 Å². The highest BCUT2D eigenvalue weighted by Crippen LogP contribution is 2.42. The van der Waals surface area contributed by atoms with Gasteiger partial charge in [-0.2, -0.15) is 0 Å². The van der Waals surface area contributed by atoms with Gasteiger partial charge in [-0.05, 0) is 37.5 Å². The molecule has 0 N–H and O–H groups in total. The summed E-state index contributed by atoms with van der Waals surface area (Å²) in [4.78, 5) is 14.3. The molecule has 0 bridgehead atoms. The lowest BCUT2D eigenvalue weighted by molar-refractivity contribution is -0.149. The molecule has 114 valence electrons. The number of ether oxygens (including phenoxy) is 1. The zero-order valence-corrected chi connectivity index (χ0v) is 13.4. The minimum atomic E-state index is -0.306.